The molecule has 0 atom stereocenters. The minimum atomic E-state index is -0.285. The number of nitrogens with one attached hydrogen (secondary N) is 1. The summed E-state index contributed by atoms with van der Waals surface area (Å²) in [5.41, 5.74) is 2.75. The molecular weight excluding hydrogens is 339 g/mol. The van der Waals surface area contributed by atoms with Gasteiger partial charge < -0.3 is 5.32 Å². The van der Waals surface area contributed by atoms with Crippen molar-refractivity contribution >= 4 is 17.7 Å². The molecule has 1 aliphatic carbocycles. The van der Waals surface area contributed by atoms with Gasteiger partial charge in [0, 0.05) is 24.4 Å². The first-order valence-electron chi connectivity index (χ1n) is 9.64. The van der Waals surface area contributed by atoms with Crippen molar-refractivity contribution < 1.29 is 9.18 Å². The first-order valence-corrected chi connectivity index (χ1v) is 9.64. The Labute approximate surface area is 160 Å². The van der Waals surface area contributed by atoms with Crippen molar-refractivity contribution in [3.63, 3.8) is 0 Å². The molecule has 4 heteroatoms. The molecule has 0 aliphatic heterocycles. The number of carbonyl (C=O) groups is 1. The van der Waals surface area contributed by atoms with E-state index in [1.165, 1.54) is 50.3 Å². The number of hydrogen-bond donors (Lipinski definition) is 1. The molecule has 0 radical (unpaired) electrons. The Balaban J connectivity index is 1.62. The smallest absolute Gasteiger partial charge is 0.248 e. The van der Waals surface area contributed by atoms with E-state index >= 15 is 0 Å². The van der Waals surface area contributed by atoms with Crippen LogP contribution in [0.25, 0.3) is 6.08 Å². The molecule has 27 heavy (non-hydrogen) atoms. The highest BCUT2D eigenvalue weighted by Gasteiger charge is 2.18. The van der Waals surface area contributed by atoms with Crippen LogP contribution in [0.3, 0.4) is 0 Å². The van der Waals surface area contributed by atoms with Crippen LogP contribution in [-0.4, -0.2) is 23.9 Å². The quantitative estimate of drug-likeness (QED) is 0.709. The highest BCUT2D eigenvalue weighted by atomic mass is 19.1. The lowest BCUT2D eigenvalue weighted by atomic mass is 9.94. The summed E-state index contributed by atoms with van der Waals surface area (Å²) in [6.07, 6.45) is 9.64. The summed E-state index contributed by atoms with van der Waals surface area (Å²) in [4.78, 5) is 14.7. The van der Waals surface area contributed by atoms with E-state index in [0.717, 1.165) is 23.4 Å². The summed E-state index contributed by atoms with van der Waals surface area (Å²) in [6.45, 7) is 0.822. The van der Waals surface area contributed by atoms with Gasteiger partial charge in [-0.25, -0.2) is 4.39 Å². The number of anilines is 1. The van der Waals surface area contributed by atoms with E-state index in [1.54, 1.807) is 18.2 Å². The lowest BCUT2D eigenvalue weighted by Crippen LogP contribution is -2.33. The second-order valence-electron chi connectivity index (χ2n) is 7.24. The second-order valence-corrected chi connectivity index (χ2v) is 7.24. The summed E-state index contributed by atoms with van der Waals surface area (Å²) >= 11 is 0. The second kappa shape index (κ2) is 9.47. The average molecular weight is 366 g/mol. The third-order valence-electron chi connectivity index (χ3n) is 5.19. The van der Waals surface area contributed by atoms with Crippen LogP contribution in [0.1, 0.15) is 43.2 Å². The van der Waals surface area contributed by atoms with Gasteiger partial charge in [0.25, 0.3) is 0 Å². The third-order valence-corrected chi connectivity index (χ3v) is 5.19. The minimum absolute atomic E-state index is 0.188. The molecule has 1 saturated carbocycles. The van der Waals surface area contributed by atoms with Crippen LogP contribution in [-0.2, 0) is 11.3 Å². The van der Waals surface area contributed by atoms with Gasteiger partial charge in [0.2, 0.25) is 5.91 Å². The number of halogens is 1. The Kier molecular flexibility index (Phi) is 6.77. The maximum atomic E-state index is 12.9. The lowest BCUT2D eigenvalue weighted by Gasteiger charge is -2.31. The zero-order chi connectivity index (χ0) is 19.1. The zero-order valence-corrected chi connectivity index (χ0v) is 15.8. The lowest BCUT2D eigenvalue weighted by molar-refractivity contribution is -0.111. The summed E-state index contributed by atoms with van der Waals surface area (Å²) in [7, 11) is 2.17. The van der Waals surface area contributed by atoms with E-state index < -0.39 is 0 Å². The van der Waals surface area contributed by atoms with Gasteiger partial charge in [-0.05, 0) is 55.3 Å². The Morgan fingerprint density at radius 2 is 1.81 bits per heavy atom. The van der Waals surface area contributed by atoms with E-state index in [0.29, 0.717) is 6.04 Å². The highest BCUT2D eigenvalue weighted by Crippen LogP contribution is 2.25. The summed E-state index contributed by atoms with van der Waals surface area (Å²) in [6, 6.07) is 14.6. The number of carbonyl (C=O) groups excluding carboxylic acids is 1. The van der Waals surface area contributed by atoms with Crippen LogP contribution in [0.5, 0.6) is 0 Å². The van der Waals surface area contributed by atoms with E-state index in [4.69, 9.17) is 0 Å². The molecule has 0 aromatic heterocycles. The van der Waals surface area contributed by atoms with Crippen molar-refractivity contribution in [2.24, 2.45) is 0 Å². The summed E-state index contributed by atoms with van der Waals surface area (Å²) < 4.78 is 12.9. The Morgan fingerprint density at radius 1 is 1.11 bits per heavy atom. The maximum Gasteiger partial charge on any atom is 0.248 e. The van der Waals surface area contributed by atoms with Gasteiger partial charge in [-0.3, -0.25) is 9.69 Å². The minimum Gasteiger partial charge on any atom is -0.322 e. The summed E-state index contributed by atoms with van der Waals surface area (Å²) in [5.74, 6) is -0.472. The van der Waals surface area contributed by atoms with E-state index in [-0.39, 0.29) is 11.7 Å². The van der Waals surface area contributed by atoms with Crippen molar-refractivity contribution in [1.29, 1.82) is 0 Å². The molecule has 0 saturated heterocycles. The topological polar surface area (TPSA) is 32.3 Å². The number of hydrogen-bond acceptors (Lipinski definition) is 2. The fraction of sp³-hybridized carbons (Fsp3) is 0.348. The predicted octanol–water partition coefficient (Wildman–Crippen LogP) is 5.24. The van der Waals surface area contributed by atoms with E-state index in [1.807, 2.05) is 18.2 Å². The SMILES string of the molecule is CN(Cc1ccccc1NC(=O)/C=C/c1ccc(F)cc1)C1CCCCC1. The Hall–Kier alpha value is -2.46. The maximum absolute atomic E-state index is 12.9. The number of benzene rings is 2. The first kappa shape index (κ1) is 19.3. The van der Waals surface area contributed by atoms with Crippen LogP contribution < -0.4 is 5.32 Å². The van der Waals surface area contributed by atoms with E-state index in [2.05, 4.69) is 23.3 Å². The number of para-hydroxylation sites is 1. The molecule has 1 fully saturated rings. The monoisotopic (exact) mass is 366 g/mol. The number of rotatable bonds is 6. The molecule has 2 aromatic carbocycles. The number of nitrogens with zero attached hydrogens (tertiary/aromatic N) is 1. The molecule has 2 aromatic rings. The van der Waals surface area contributed by atoms with Crippen LogP contribution in [0.15, 0.2) is 54.6 Å². The van der Waals surface area contributed by atoms with Crippen molar-refractivity contribution in [3.8, 4) is 0 Å². The molecule has 1 N–H and O–H groups in total. The van der Waals surface area contributed by atoms with Crippen LogP contribution >= 0.6 is 0 Å². The number of amides is 1. The molecule has 0 heterocycles. The molecule has 0 unspecified atom stereocenters. The Bertz CT molecular complexity index is 779. The van der Waals surface area contributed by atoms with Gasteiger partial charge in [0.15, 0.2) is 0 Å². The van der Waals surface area contributed by atoms with Gasteiger partial charge in [-0.15, -0.1) is 0 Å². The first-order chi connectivity index (χ1) is 13.1. The van der Waals surface area contributed by atoms with Gasteiger partial charge in [0.1, 0.15) is 5.82 Å². The molecule has 0 spiro atoms. The molecule has 0 bridgehead atoms. The third kappa shape index (κ3) is 5.76. The molecule has 142 valence electrons. The molecule has 3 nitrogen and oxygen atoms in total. The van der Waals surface area contributed by atoms with Gasteiger partial charge >= 0.3 is 0 Å². The van der Waals surface area contributed by atoms with Crippen LogP contribution in [0, 0.1) is 5.82 Å². The van der Waals surface area contributed by atoms with Crippen molar-refractivity contribution in [2.75, 3.05) is 12.4 Å². The standard InChI is InChI=1S/C23H27FN2O/c1-26(21-8-3-2-4-9-21)17-19-7-5-6-10-22(19)25-23(27)16-13-18-11-14-20(24)15-12-18/h5-7,10-16,21H,2-4,8-9,17H2,1H3,(H,25,27)/b16-13+. The largest absolute Gasteiger partial charge is 0.322 e. The summed E-state index contributed by atoms with van der Waals surface area (Å²) in [5, 5.41) is 2.97. The molecular formula is C23H27FN2O. The van der Waals surface area contributed by atoms with Crippen molar-refractivity contribution in [2.45, 2.75) is 44.7 Å². The normalized spacial score (nSPS) is 15.4. The fourth-order valence-corrected chi connectivity index (χ4v) is 3.62. The van der Waals surface area contributed by atoms with Gasteiger partial charge in [-0.1, -0.05) is 49.6 Å². The Morgan fingerprint density at radius 3 is 2.56 bits per heavy atom. The van der Waals surface area contributed by atoms with Crippen LogP contribution in [0.2, 0.25) is 0 Å². The highest BCUT2D eigenvalue weighted by molar-refractivity contribution is 6.02. The zero-order valence-electron chi connectivity index (χ0n) is 15.8. The molecule has 1 amide bonds. The average Bonchev–Trinajstić information content (AvgIpc) is 2.70. The van der Waals surface area contributed by atoms with Crippen LogP contribution in [0.4, 0.5) is 10.1 Å². The van der Waals surface area contributed by atoms with E-state index in [9.17, 15) is 9.18 Å². The van der Waals surface area contributed by atoms with Crippen molar-refractivity contribution in [3.05, 3.63) is 71.6 Å². The van der Waals surface area contributed by atoms with Crippen molar-refractivity contribution in [1.82, 2.24) is 4.90 Å². The van der Waals surface area contributed by atoms with Gasteiger partial charge in [0.05, 0.1) is 0 Å². The fourth-order valence-electron chi connectivity index (χ4n) is 3.62. The molecule has 1 aliphatic rings. The predicted molar refractivity (Wildman–Crippen MR) is 109 cm³/mol. The molecule has 3 rings (SSSR count). The van der Waals surface area contributed by atoms with Gasteiger partial charge in [-0.2, -0.15) is 0 Å².